The van der Waals surface area contributed by atoms with Gasteiger partial charge in [-0.1, -0.05) is 13.0 Å². The number of benzene rings is 1. The lowest BCUT2D eigenvalue weighted by atomic mass is 10.2. The molecule has 0 spiro atoms. The highest BCUT2D eigenvalue weighted by atomic mass is 79.9. The third kappa shape index (κ3) is 4.08. The second-order valence-corrected chi connectivity index (χ2v) is 4.67. The molecule has 7 heteroatoms. The standard InChI is InChI=1S/C11H14BrN3O3/c1-2-14(7-11(13)16)6-8-3-4-9(12)10(5-8)15(17)18/h3-5H,2,6-7H2,1H3,(H2,13,16). The minimum Gasteiger partial charge on any atom is -0.369 e. The number of nitro groups is 1. The van der Waals surface area contributed by atoms with Gasteiger partial charge in [0.15, 0.2) is 0 Å². The van der Waals surface area contributed by atoms with Crippen LogP contribution in [0.2, 0.25) is 0 Å². The van der Waals surface area contributed by atoms with Gasteiger partial charge in [0.2, 0.25) is 5.91 Å². The van der Waals surface area contributed by atoms with Crippen LogP contribution in [-0.2, 0) is 11.3 Å². The Morgan fingerprint density at radius 1 is 1.56 bits per heavy atom. The molecule has 0 heterocycles. The van der Waals surface area contributed by atoms with Crippen LogP contribution in [0.25, 0.3) is 0 Å². The topological polar surface area (TPSA) is 89.5 Å². The highest BCUT2D eigenvalue weighted by Gasteiger charge is 2.14. The normalized spacial score (nSPS) is 10.6. The third-order valence-corrected chi connectivity index (χ3v) is 3.11. The fraction of sp³-hybridized carbons (Fsp3) is 0.364. The van der Waals surface area contributed by atoms with Crippen molar-refractivity contribution in [2.75, 3.05) is 13.1 Å². The van der Waals surface area contributed by atoms with Crippen molar-refractivity contribution in [3.63, 3.8) is 0 Å². The predicted octanol–water partition coefficient (Wildman–Crippen LogP) is 1.66. The summed E-state index contributed by atoms with van der Waals surface area (Å²) in [6, 6.07) is 4.90. The predicted molar refractivity (Wildman–Crippen MR) is 70.9 cm³/mol. The summed E-state index contributed by atoms with van der Waals surface area (Å²) < 4.78 is 0.439. The first-order valence-corrected chi connectivity index (χ1v) is 6.16. The molecule has 0 fully saturated rings. The van der Waals surface area contributed by atoms with Crippen LogP contribution in [0.1, 0.15) is 12.5 Å². The molecule has 1 aromatic carbocycles. The van der Waals surface area contributed by atoms with Crippen LogP contribution in [0.3, 0.4) is 0 Å². The first-order valence-electron chi connectivity index (χ1n) is 5.37. The summed E-state index contributed by atoms with van der Waals surface area (Å²) in [5.41, 5.74) is 5.92. The van der Waals surface area contributed by atoms with Gasteiger partial charge < -0.3 is 5.73 Å². The van der Waals surface area contributed by atoms with Crippen molar-refractivity contribution in [2.24, 2.45) is 5.73 Å². The number of likely N-dealkylation sites (N-methyl/N-ethyl adjacent to an activating group) is 1. The van der Waals surface area contributed by atoms with Gasteiger partial charge in [0, 0.05) is 12.6 Å². The Labute approximate surface area is 113 Å². The van der Waals surface area contributed by atoms with Gasteiger partial charge in [-0.25, -0.2) is 0 Å². The average Bonchev–Trinajstić information content (AvgIpc) is 2.29. The summed E-state index contributed by atoms with van der Waals surface area (Å²) in [4.78, 5) is 23.0. The Bertz CT molecular complexity index is 465. The van der Waals surface area contributed by atoms with Crippen LogP contribution in [0, 0.1) is 10.1 Å². The van der Waals surface area contributed by atoms with Crippen molar-refractivity contribution in [1.29, 1.82) is 0 Å². The zero-order chi connectivity index (χ0) is 13.7. The lowest BCUT2D eigenvalue weighted by Crippen LogP contribution is -2.33. The number of hydrogen-bond donors (Lipinski definition) is 1. The molecule has 1 aromatic rings. The largest absolute Gasteiger partial charge is 0.369 e. The maximum Gasteiger partial charge on any atom is 0.283 e. The Kier molecular flexibility index (Phi) is 5.24. The van der Waals surface area contributed by atoms with Crippen molar-refractivity contribution in [2.45, 2.75) is 13.5 Å². The van der Waals surface area contributed by atoms with E-state index in [0.717, 1.165) is 5.56 Å². The number of nitrogens with two attached hydrogens (primary N) is 1. The molecule has 0 aliphatic carbocycles. The second kappa shape index (κ2) is 6.46. The summed E-state index contributed by atoms with van der Waals surface area (Å²) in [5, 5.41) is 10.8. The SMILES string of the molecule is CCN(CC(N)=O)Cc1ccc(Br)c([N+](=O)[O-])c1. The number of carbonyl (C=O) groups is 1. The van der Waals surface area contributed by atoms with Crippen LogP contribution in [0.15, 0.2) is 22.7 Å². The minimum atomic E-state index is -0.446. The van der Waals surface area contributed by atoms with E-state index in [0.29, 0.717) is 17.6 Å². The van der Waals surface area contributed by atoms with Gasteiger partial charge >= 0.3 is 0 Å². The molecule has 1 amide bonds. The van der Waals surface area contributed by atoms with Crippen LogP contribution in [0.4, 0.5) is 5.69 Å². The van der Waals surface area contributed by atoms with Crippen molar-refractivity contribution in [1.82, 2.24) is 4.90 Å². The first-order chi connectivity index (χ1) is 8.43. The number of nitrogens with zero attached hydrogens (tertiary/aromatic N) is 2. The van der Waals surface area contributed by atoms with Gasteiger partial charge in [0.05, 0.1) is 15.9 Å². The van der Waals surface area contributed by atoms with E-state index in [1.165, 1.54) is 6.07 Å². The van der Waals surface area contributed by atoms with Crippen LogP contribution in [-0.4, -0.2) is 28.8 Å². The van der Waals surface area contributed by atoms with Crippen molar-refractivity contribution >= 4 is 27.5 Å². The number of primary amides is 1. The van der Waals surface area contributed by atoms with Crippen LogP contribution >= 0.6 is 15.9 Å². The highest BCUT2D eigenvalue weighted by Crippen LogP contribution is 2.26. The van der Waals surface area contributed by atoms with Gasteiger partial charge in [0.1, 0.15) is 0 Å². The Morgan fingerprint density at radius 2 is 2.22 bits per heavy atom. The molecule has 0 aliphatic rings. The molecule has 0 unspecified atom stereocenters. The fourth-order valence-corrected chi connectivity index (χ4v) is 1.95. The van der Waals surface area contributed by atoms with Gasteiger partial charge in [-0.3, -0.25) is 19.8 Å². The molecular formula is C11H14BrN3O3. The average molecular weight is 316 g/mol. The number of carbonyl (C=O) groups excluding carboxylic acids is 1. The quantitative estimate of drug-likeness (QED) is 0.638. The van der Waals surface area contributed by atoms with Crippen LogP contribution < -0.4 is 5.73 Å². The Balaban J connectivity index is 2.87. The molecular weight excluding hydrogens is 302 g/mol. The van der Waals surface area contributed by atoms with E-state index in [4.69, 9.17) is 5.73 Å². The van der Waals surface area contributed by atoms with E-state index in [2.05, 4.69) is 15.9 Å². The molecule has 18 heavy (non-hydrogen) atoms. The minimum absolute atomic E-state index is 0.0163. The molecule has 2 N–H and O–H groups in total. The number of rotatable bonds is 6. The highest BCUT2D eigenvalue weighted by molar-refractivity contribution is 9.10. The van der Waals surface area contributed by atoms with Crippen molar-refractivity contribution in [3.05, 3.63) is 38.3 Å². The molecule has 0 atom stereocenters. The van der Waals surface area contributed by atoms with Crippen molar-refractivity contribution < 1.29 is 9.72 Å². The first kappa shape index (κ1) is 14.6. The molecule has 0 bridgehead atoms. The van der Waals surface area contributed by atoms with E-state index < -0.39 is 10.8 Å². The van der Waals surface area contributed by atoms with Crippen molar-refractivity contribution in [3.8, 4) is 0 Å². The number of nitro benzene ring substituents is 1. The van der Waals surface area contributed by atoms with Gasteiger partial charge in [-0.2, -0.15) is 0 Å². The number of hydrogen-bond acceptors (Lipinski definition) is 4. The Hall–Kier alpha value is -1.47. The maximum absolute atomic E-state index is 10.9. The van der Waals surface area contributed by atoms with E-state index in [-0.39, 0.29) is 12.2 Å². The zero-order valence-electron chi connectivity index (χ0n) is 9.93. The fourth-order valence-electron chi connectivity index (χ4n) is 1.55. The third-order valence-electron chi connectivity index (χ3n) is 2.44. The Morgan fingerprint density at radius 3 is 2.72 bits per heavy atom. The lowest BCUT2D eigenvalue weighted by molar-refractivity contribution is -0.385. The number of halogens is 1. The van der Waals surface area contributed by atoms with E-state index in [1.807, 2.05) is 11.8 Å². The summed E-state index contributed by atoms with van der Waals surface area (Å²) >= 11 is 3.13. The summed E-state index contributed by atoms with van der Waals surface area (Å²) in [7, 11) is 0. The smallest absolute Gasteiger partial charge is 0.283 e. The molecule has 0 aliphatic heterocycles. The lowest BCUT2D eigenvalue weighted by Gasteiger charge is -2.18. The molecule has 98 valence electrons. The van der Waals surface area contributed by atoms with Gasteiger partial charge in [0.25, 0.3) is 5.69 Å². The molecule has 0 radical (unpaired) electrons. The summed E-state index contributed by atoms with van der Waals surface area (Å²) in [5.74, 6) is -0.413. The zero-order valence-corrected chi connectivity index (χ0v) is 11.5. The summed E-state index contributed by atoms with van der Waals surface area (Å²) in [6.07, 6.45) is 0. The molecule has 0 saturated heterocycles. The molecule has 0 saturated carbocycles. The molecule has 0 aromatic heterocycles. The second-order valence-electron chi connectivity index (χ2n) is 3.81. The molecule has 1 rings (SSSR count). The van der Waals surface area contributed by atoms with E-state index >= 15 is 0 Å². The van der Waals surface area contributed by atoms with Gasteiger partial charge in [-0.15, -0.1) is 0 Å². The monoisotopic (exact) mass is 315 g/mol. The van der Waals surface area contributed by atoms with Gasteiger partial charge in [-0.05, 0) is 34.1 Å². The summed E-state index contributed by atoms with van der Waals surface area (Å²) in [6.45, 7) is 3.14. The molecule has 6 nitrogen and oxygen atoms in total. The van der Waals surface area contributed by atoms with E-state index in [1.54, 1.807) is 12.1 Å². The van der Waals surface area contributed by atoms with E-state index in [9.17, 15) is 14.9 Å². The maximum atomic E-state index is 10.9. The van der Waals surface area contributed by atoms with Crippen LogP contribution in [0.5, 0.6) is 0 Å². The number of amides is 1.